The van der Waals surface area contributed by atoms with Gasteiger partial charge in [0.1, 0.15) is 5.65 Å². The molecule has 4 aromatic rings. The molecule has 0 aliphatic carbocycles. The van der Waals surface area contributed by atoms with Gasteiger partial charge in [-0.3, -0.25) is 4.79 Å². The number of pyridine rings is 1. The molecule has 1 amide bonds. The summed E-state index contributed by atoms with van der Waals surface area (Å²) in [7, 11) is 1.80. The van der Waals surface area contributed by atoms with Crippen molar-refractivity contribution in [1.29, 1.82) is 0 Å². The predicted molar refractivity (Wildman–Crippen MR) is 119 cm³/mol. The third kappa shape index (κ3) is 3.78. The first-order chi connectivity index (χ1) is 14.0. The van der Waals surface area contributed by atoms with Crippen molar-refractivity contribution >= 4 is 39.7 Å². The van der Waals surface area contributed by atoms with Crippen LogP contribution in [0.25, 0.3) is 11.0 Å². The number of amides is 1. The normalized spacial score (nSPS) is 10.7. The van der Waals surface area contributed by atoms with Crippen LogP contribution in [0.2, 0.25) is 0 Å². The Balaban J connectivity index is 1.61. The fraction of sp³-hybridized carbons (Fsp3) is 0.130. The van der Waals surface area contributed by atoms with Crippen LogP contribution in [0.3, 0.4) is 0 Å². The van der Waals surface area contributed by atoms with Gasteiger partial charge in [-0.05, 0) is 55.3 Å². The standard InChI is InChI=1S/C23H23N5O/c1-14-5-4-6-16(11-14)27-17-8-7-15(2)20(12-17)28-23(29)19-13-26-22-18(9-10-25-22)21(19)24-3/h4-13,27H,1-3H3,(H,28,29)(H2,24,25,26). The lowest BCUT2D eigenvalue weighted by Crippen LogP contribution is -2.15. The molecule has 29 heavy (non-hydrogen) atoms. The van der Waals surface area contributed by atoms with Gasteiger partial charge in [0.05, 0.1) is 11.3 Å². The van der Waals surface area contributed by atoms with Crippen molar-refractivity contribution < 1.29 is 4.79 Å². The van der Waals surface area contributed by atoms with Gasteiger partial charge in [-0.15, -0.1) is 0 Å². The number of carbonyl (C=O) groups is 1. The van der Waals surface area contributed by atoms with E-state index in [2.05, 4.69) is 45.0 Å². The minimum Gasteiger partial charge on any atom is -0.387 e. The quantitative estimate of drug-likeness (QED) is 0.380. The Morgan fingerprint density at radius 1 is 1.03 bits per heavy atom. The van der Waals surface area contributed by atoms with Gasteiger partial charge in [0.2, 0.25) is 0 Å². The van der Waals surface area contributed by atoms with Gasteiger partial charge in [-0.25, -0.2) is 4.98 Å². The zero-order valence-corrected chi connectivity index (χ0v) is 16.6. The summed E-state index contributed by atoms with van der Waals surface area (Å²) in [6.45, 7) is 4.03. The highest BCUT2D eigenvalue weighted by Crippen LogP contribution is 2.28. The van der Waals surface area contributed by atoms with Crippen LogP contribution < -0.4 is 16.0 Å². The van der Waals surface area contributed by atoms with Crippen molar-refractivity contribution in [3.63, 3.8) is 0 Å². The van der Waals surface area contributed by atoms with Gasteiger partial charge in [-0.2, -0.15) is 0 Å². The van der Waals surface area contributed by atoms with Crippen molar-refractivity contribution in [3.8, 4) is 0 Å². The van der Waals surface area contributed by atoms with E-state index < -0.39 is 0 Å². The predicted octanol–water partition coefficient (Wildman–Crippen LogP) is 5.22. The maximum Gasteiger partial charge on any atom is 0.259 e. The molecule has 0 atom stereocenters. The molecule has 0 spiro atoms. The van der Waals surface area contributed by atoms with Gasteiger partial charge in [0.25, 0.3) is 5.91 Å². The summed E-state index contributed by atoms with van der Waals surface area (Å²) in [5, 5.41) is 10.4. The highest BCUT2D eigenvalue weighted by molar-refractivity contribution is 6.12. The van der Waals surface area contributed by atoms with E-state index in [0.29, 0.717) is 5.56 Å². The smallest absolute Gasteiger partial charge is 0.259 e. The van der Waals surface area contributed by atoms with E-state index in [0.717, 1.165) is 39.3 Å². The van der Waals surface area contributed by atoms with E-state index in [1.54, 1.807) is 13.2 Å². The van der Waals surface area contributed by atoms with Crippen LogP contribution in [0.5, 0.6) is 0 Å². The third-order valence-electron chi connectivity index (χ3n) is 4.87. The summed E-state index contributed by atoms with van der Waals surface area (Å²) in [5.74, 6) is -0.208. The minimum absolute atomic E-state index is 0.208. The monoisotopic (exact) mass is 385 g/mol. The highest BCUT2D eigenvalue weighted by atomic mass is 16.1. The first kappa shape index (κ1) is 18.6. The van der Waals surface area contributed by atoms with E-state index in [1.165, 1.54) is 5.56 Å². The van der Waals surface area contributed by atoms with Gasteiger partial charge in [0, 0.05) is 41.9 Å². The van der Waals surface area contributed by atoms with Crippen LogP contribution in [0.4, 0.5) is 22.7 Å². The van der Waals surface area contributed by atoms with Crippen molar-refractivity contribution in [1.82, 2.24) is 9.97 Å². The fourth-order valence-electron chi connectivity index (χ4n) is 3.36. The van der Waals surface area contributed by atoms with E-state index in [9.17, 15) is 4.79 Å². The van der Waals surface area contributed by atoms with Crippen molar-refractivity contribution in [2.24, 2.45) is 0 Å². The molecule has 6 heteroatoms. The van der Waals surface area contributed by atoms with E-state index in [-0.39, 0.29) is 5.91 Å². The molecule has 2 aromatic carbocycles. The largest absolute Gasteiger partial charge is 0.387 e. The Bertz CT molecular complexity index is 1200. The zero-order valence-electron chi connectivity index (χ0n) is 16.6. The number of hydrogen-bond donors (Lipinski definition) is 4. The van der Waals surface area contributed by atoms with Crippen molar-refractivity contribution in [2.75, 3.05) is 23.0 Å². The second-order valence-corrected chi connectivity index (χ2v) is 7.02. The number of aromatic nitrogens is 2. The number of nitrogens with zero attached hydrogens (tertiary/aromatic N) is 1. The Labute approximate surface area is 169 Å². The second kappa shape index (κ2) is 7.67. The first-order valence-electron chi connectivity index (χ1n) is 9.44. The van der Waals surface area contributed by atoms with Crippen LogP contribution in [-0.4, -0.2) is 22.9 Å². The van der Waals surface area contributed by atoms with Crippen LogP contribution in [0, 0.1) is 13.8 Å². The lowest BCUT2D eigenvalue weighted by molar-refractivity contribution is 0.102. The summed E-state index contributed by atoms with van der Waals surface area (Å²) in [6.07, 6.45) is 3.40. The van der Waals surface area contributed by atoms with E-state index in [1.807, 2.05) is 49.5 Å². The molecule has 2 aromatic heterocycles. The summed E-state index contributed by atoms with van der Waals surface area (Å²) in [6, 6.07) is 16.0. The third-order valence-corrected chi connectivity index (χ3v) is 4.87. The number of aryl methyl sites for hydroxylation is 2. The molecule has 0 radical (unpaired) electrons. The first-order valence-corrected chi connectivity index (χ1v) is 9.44. The summed E-state index contributed by atoms with van der Waals surface area (Å²) in [5.41, 5.74) is 6.82. The molecular weight excluding hydrogens is 362 g/mol. The molecule has 0 aliphatic rings. The minimum atomic E-state index is -0.208. The molecule has 0 bridgehead atoms. The molecule has 0 unspecified atom stereocenters. The summed E-state index contributed by atoms with van der Waals surface area (Å²) in [4.78, 5) is 20.4. The number of hydrogen-bond acceptors (Lipinski definition) is 4. The van der Waals surface area contributed by atoms with Gasteiger partial charge in [-0.1, -0.05) is 18.2 Å². The SMILES string of the molecule is CNc1c(C(=O)Nc2cc(Nc3cccc(C)c3)ccc2C)cnc2[nH]ccc12. The number of anilines is 4. The summed E-state index contributed by atoms with van der Waals surface area (Å²) < 4.78 is 0. The molecule has 6 nitrogen and oxygen atoms in total. The number of carbonyl (C=O) groups excluding carboxylic acids is 1. The topological polar surface area (TPSA) is 81.8 Å². The molecule has 0 aliphatic heterocycles. The molecule has 2 heterocycles. The van der Waals surface area contributed by atoms with Crippen LogP contribution in [0.1, 0.15) is 21.5 Å². The lowest BCUT2D eigenvalue weighted by Gasteiger charge is -2.14. The Hall–Kier alpha value is -3.80. The molecule has 0 saturated carbocycles. The Morgan fingerprint density at radius 3 is 2.66 bits per heavy atom. The molecule has 146 valence electrons. The van der Waals surface area contributed by atoms with Crippen LogP contribution in [-0.2, 0) is 0 Å². The number of aromatic amines is 1. The number of benzene rings is 2. The number of rotatable bonds is 5. The molecule has 4 N–H and O–H groups in total. The maximum atomic E-state index is 13.0. The molecule has 0 saturated heterocycles. The van der Waals surface area contributed by atoms with Gasteiger partial charge < -0.3 is 20.9 Å². The fourth-order valence-corrected chi connectivity index (χ4v) is 3.36. The number of fused-ring (bicyclic) bond motifs is 1. The average molecular weight is 385 g/mol. The van der Waals surface area contributed by atoms with Crippen molar-refractivity contribution in [3.05, 3.63) is 77.6 Å². The van der Waals surface area contributed by atoms with E-state index >= 15 is 0 Å². The van der Waals surface area contributed by atoms with Gasteiger partial charge in [0.15, 0.2) is 0 Å². The second-order valence-electron chi connectivity index (χ2n) is 7.02. The maximum absolute atomic E-state index is 13.0. The number of nitrogens with one attached hydrogen (secondary N) is 4. The molecular formula is C23H23N5O. The van der Waals surface area contributed by atoms with Crippen molar-refractivity contribution in [2.45, 2.75) is 13.8 Å². The zero-order chi connectivity index (χ0) is 20.4. The average Bonchev–Trinajstić information content (AvgIpc) is 3.18. The van der Waals surface area contributed by atoms with E-state index in [4.69, 9.17) is 0 Å². The van der Waals surface area contributed by atoms with Gasteiger partial charge >= 0.3 is 0 Å². The van der Waals surface area contributed by atoms with Crippen LogP contribution >= 0.6 is 0 Å². The Kier molecular flexibility index (Phi) is 4.91. The Morgan fingerprint density at radius 2 is 1.86 bits per heavy atom. The highest BCUT2D eigenvalue weighted by Gasteiger charge is 2.16. The summed E-state index contributed by atoms with van der Waals surface area (Å²) >= 11 is 0. The number of H-pyrrole nitrogens is 1. The lowest BCUT2D eigenvalue weighted by atomic mass is 10.1. The van der Waals surface area contributed by atoms with Crippen LogP contribution in [0.15, 0.2) is 60.9 Å². The molecule has 0 fully saturated rings. The molecule has 4 rings (SSSR count).